The molecular weight excluding hydrogens is 438 g/mol. The van der Waals surface area contributed by atoms with Gasteiger partial charge in [0, 0.05) is 13.1 Å². The van der Waals surface area contributed by atoms with Gasteiger partial charge in [0.1, 0.15) is 29.8 Å². The molecule has 156 valence electrons. The van der Waals surface area contributed by atoms with Gasteiger partial charge in [-0.1, -0.05) is 28.4 Å². The van der Waals surface area contributed by atoms with Crippen molar-refractivity contribution in [3.05, 3.63) is 54.3 Å². The summed E-state index contributed by atoms with van der Waals surface area (Å²) in [5.41, 5.74) is -4.72. The zero-order valence-corrected chi connectivity index (χ0v) is 17.0. The van der Waals surface area contributed by atoms with Crippen LogP contribution in [-0.2, 0) is 18.1 Å². The van der Waals surface area contributed by atoms with E-state index >= 15 is 0 Å². The first-order chi connectivity index (χ1) is 13.3. The molecule has 0 bridgehead atoms. The van der Waals surface area contributed by atoms with Crippen molar-refractivity contribution < 1.29 is 22.7 Å². The van der Waals surface area contributed by atoms with Gasteiger partial charge in [0.15, 0.2) is 5.75 Å². The van der Waals surface area contributed by atoms with Crippen molar-refractivity contribution >= 4 is 28.9 Å². The molecule has 29 heavy (non-hydrogen) atoms. The first kappa shape index (κ1) is 21.3. The van der Waals surface area contributed by atoms with E-state index in [2.05, 4.69) is 5.16 Å². The highest BCUT2D eigenvalue weighted by molar-refractivity contribution is 6.39. The van der Waals surface area contributed by atoms with E-state index in [1.165, 1.54) is 13.2 Å². The maximum absolute atomic E-state index is 13.1. The first-order valence-corrected chi connectivity index (χ1v) is 8.80. The second kappa shape index (κ2) is 6.81. The molecule has 0 N–H and O–H groups in total. The van der Waals surface area contributed by atoms with Crippen LogP contribution in [0.15, 0.2) is 26.9 Å². The summed E-state index contributed by atoms with van der Waals surface area (Å²) < 4.78 is 46.0. The van der Waals surface area contributed by atoms with Crippen LogP contribution in [0.5, 0.6) is 5.75 Å². The van der Waals surface area contributed by atoms with Crippen molar-refractivity contribution in [1.82, 2.24) is 9.13 Å². The van der Waals surface area contributed by atoms with E-state index in [9.17, 15) is 22.8 Å². The van der Waals surface area contributed by atoms with Crippen molar-refractivity contribution in [1.29, 1.82) is 0 Å². The number of halogens is 5. The normalized spacial score (nSPS) is 16.7. The topological polar surface area (TPSA) is 74.8 Å². The second-order valence-corrected chi connectivity index (χ2v) is 7.48. The van der Waals surface area contributed by atoms with Crippen LogP contribution in [0.2, 0.25) is 10.0 Å². The first-order valence-electron chi connectivity index (χ1n) is 8.05. The highest BCUT2D eigenvalue weighted by Crippen LogP contribution is 2.46. The van der Waals surface area contributed by atoms with Gasteiger partial charge in [0.05, 0.1) is 15.6 Å². The summed E-state index contributed by atoms with van der Waals surface area (Å²) >= 11 is 12.5. The minimum Gasteiger partial charge on any atom is -0.478 e. The third-order valence-electron chi connectivity index (χ3n) is 4.34. The SMILES string of the molecule is CON=C1c2c(Cl)cc(Cl)c(-n3c(=O)cc(C(F)(F)F)n(C)c3=O)c2OC1(C)C. The van der Waals surface area contributed by atoms with Gasteiger partial charge in [0.2, 0.25) is 0 Å². The predicted molar refractivity (Wildman–Crippen MR) is 101 cm³/mol. The van der Waals surface area contributed by atoms with Crippen molar-refractivity contribution in [3.63, 3.8) is 0 Å². The number of oxime groups is 1. The lowest BCUT2D eigenvalue weighted by Crippen LogP contribution is -2.41. The van der Waals surface area contributed by atoms with Crippen molar-refractivity contribution in [2.45, 2.75) is 25.6 Å². The second-order valence-electron chi connectivity index (χ2n) is 6.67. The summed E-state index contributed by atoms with van der Waals surface area (Å²) in [5, 5.41) is 3.84. The molecule has 3 rings (SSSR count). The standard InChI is InChI=1S/C17H14Cl2F3N3O4/c1-16(2)14(23-28-4)11-7(18)5-8(19)12(13(11)29-16)25-10(26)6-9(17(20,21)22)24(3)15(25)27/h5-6H,1-4H3. The Morgan fingerprint density at radius 3 is 2.34 bits per heavy atom. The van der Waals surface area contributed by atoms with E-state index < -0.39 is 28.7 Å². The van der Waals surface area contributed by atoms with Crippen LogP contribution in [0.3, 0.4) is 0 Å². The molecule has 1 aliphatic heterocycles. The van der Waals surface area contributed by atoms with E-state index in [-0.39, 0.29) is 32.8 Å². The average Bonchev–Trinajstić information content (AvgIpc) is 2.84. The highest BCUT2D eigenvalue weighted by Gasteiger charge is 2.43. The number of aromatic nitrogens is 2. The van der Waals surface area contributed by atoms with Gasteiger partial charge in [0.25, 0.3) is 5.56 Å². The molecule has 0 amide bonds. The number of fused-ring (bicyclic) bond motifs is 1. The Kier molecular flexibility index (Phi) is 4.99. The van der Waals surface area contributed by atoms with Crippen LogP contribution >= 0.6 is 23.2 Å². The summed E-state index contributed by atoms with van der Waals surface area (Å²) in [6.45, 7) is 3.26. The molecule has 0 saturated carbocycles. The summed E-state index contributed by atoms with van der Waals surface area (Å²) in [4.78, 5) is 30.0. The Bertz CT molecular complexity index is 1170. The summed E-state index contributed by atoms with van der Waals surface area (Å²) in [7, 11) is 2.20. The van der Waals surface area contributed by atoms with Gasteiger partial charge in [-0.05, 0) is 19.9 Å². The van der Waals surface area contributed by atoms with E-state index in [0.717, 1.165) is 7.05 Å². The lowest BCUT2D eigenvalue weighted by Gasteiger charge is -2.19. The Morgan fingerprint density at radius 2 is 1.79 bits per heavy atom. The quantitative estimate of drug-likeness (QED) is 0.655. The van der Waals surface area contributed by atoms with Crippen LogP contribution in [-0.4, -0.2) is 27.6 Å². The Balaban J connectivity index is 2.43. The van der Waals surface area contributed by atoms with Crippen LogP contribution < -0.4 is 16.0 Å². The number of hydrogen-bond acceptors (Lipinski definition) is 5. The van der Waals surface area contributed by atoms with Crippen LogP contribution in [0.4, 0.5) is 13.2 Å². The van der Waals surface area contributed by atoms with E-state index in [0.29, 0.717) is 15.2 Å². The molecule has 1 aliphatic rings. The summed E-state index contributed by atoms with van der Waals surface area (Å²) in [6.07, 6.45) is -4.89. The predicted octanol–water partition coefficient (Wildman–Crippen LogP) is 3.38. The molecule has 0 saturated heterocycles. The number of alkyl halides is 3. The molecule has 12 heteroatoms. The number of nitrogens with zero attached hydrogens (tertiary/aromatic N) is 3. The van der Waals surface area contributed by atoms with Gasteiger partial charge in [-0.3, -0.25) is 9.36 Å². The fraction of sp³-hybridized carbons (Fsp3) is 0.353. The van der Waals surface area contributed by atoms with Gasteiger partial charge >= 0.3 is 11.9 Å². The minimum absolute atomic E-state index is 0.0674. The monoisotopic (exact) mass is 451 g/mol. The van der Waals surface area contributed by atoms with Crippen LogP contribution in [0.1, 0.15) is 25.1 Å². The maximum atomic E-state index is 13.1. The largest absolute Gasteiger partial charge is 0.478 e. The van der Waals surface area contributed by atoms with Crippen LogP contribution in [0.25, 0.3) is 5.69 Å². The summed E-state index contributed by atoms with van der Waals surface area (Å²) in [5.74, 6) is -0.0674. The Morgan fingerprint density at radius 1 is 1.17 bits per heavy atom. The zero-order chi connectivity index (χ0) is 21.9. The maximum Gasteiger partial charge on any atom is 0.431 e. The fourth-order valence-electron chi connectivity index (χ4n) is 3.07. The smallest absolute Gasteiger partial charge is 0.431 e. The number of rotatable bonds is 2. The summed E-state index contributed by atoms with van der Waals surface area (Å²) in [6, 6.07) is 1.56. The minimum atomic E-state index is -4.89. The zero-order valence-electron chi connectivity index (χ0n) is 15.5. The van der Waals surface area contributed by atoms with Crippen molar-refractivity contribution in [3.8, 4) is 11.4 Å². The van der Waals surface area contributed by atoms with Gasteiger partial charge < -0.3 is 9.57 Å². The van der Waals surface area contributed by atoms with E-state index in [4.69, 9.17) is 32.8 Å². The molecule has 0 fully saturated rings. The average molecular weight is 452 g/mol. The molecular formula is C17H14Cl2F3N3O4. The molecule has 0 unspecified atom stereocenters. The Hall–Kier alpha value is -2.46. The molecule has 0 spiro atoms. The molecule has 0 atom stereocenters. The lowest BCUT2D eigenvalue weighted by atomic mass is 9.98. The van der Waals surface area contributed by atoms with Crippen molar-refractivity contribution in [2.24, 2.45) is 12.2 Å². The molecule has 2 aromatic rings. The molecule has 0 radical (unpaired) electrons. The molecule has 0 aliphatic carbocycles. The third-order valence-corrected chi connectivity index (χ3v) is 4.93. The number of benzene rings is 1. The lowest BCUT2D eigenvalue weighted by molar-refractivity contribution is -0.144. The Labute approximate surface area is 171 Å². The van der Waals surface area contributed by atoms with Crippen LogP contribution in [0, 0.1) is 0 Å². The third kappa shape index (κ3) is 3.29. The highest BCUT2D eigenvalue weighted by atomic mass is 35.5. The van der Waals surface area contributed by atoms with Crippen molar-refractivity contribution in [2.75, 3.05) is 7.11 Å². The molecule has 2 heterocycles. The number of ether oxygens (including phenoxy) is 1. The fourth-order valence-corrected chi connectivity index (χ4v) is 3.69. The van der Waals surface area contributed by atoms with E-state index in [1.807, 2.05) is 0 Å². The van der Waals surface area contributed by atoms with Gasteiger partial charge in [-0.15, -0.1) is 0 Å². The number of hydrogen-bond donors (Lipinski definition) is 0. The van der Waals surface area contributed by atoms with Gasteiger partial charge in [-0.2, -0.15) is 13.2 Å². The molecule has 1 aromatic heterocycles. The molecule has 1 aromatic carbocycles. The molecule has 7 nitrogen and oxygen atoms in total. The van der Waals surface area contributed by atoms with Gasteiger partial charge in [-0.25, -0.2) is 9.36 Å². The van der Waals surface area contributed by atoms with E-state index in [1.54, 1.807) is 13.8 Å².